The second kappa shape index (κ2) is 9.17. The minimum Gasteiger partial charge on any atom is -0.503 e. The third-order valence-corrected chi connectivity index (χ3v) is 8.20. The van der Waals surface area contributed by atoms with Gasteiger partial charge >= 0.3 is 0 Å². The van der Waals surface area contributed by atoms with E-state index in [-0.39, 0.29) is 30.6 Å². The normalized spacial score (nSPS) is 24.6. The third-order valence-electron chi connectivity index (χ3n) is 8.20. The summed E-state index contributed by atoms with van der Waals surface area (Å²) < 4.78 is 42.7. The molecule has 3 amide bonds. The quantitative estimate of drug-likeness (QED) is 0.628. The van der Waals surface area contributed by atoms with Crippen LogP contribution >= 0.6 is 0 Å². The monoisotopic (exact) mass is 532 g/mol. The first-order valence-electron chi connectivity index (χ1n) is 12.5. The molecule has 2 fully saturated rings. The number of aromatic hydroxyl groups is 1. The maximum atomic E-state index is 14.0. The van der Waals surface area contributed by atoms with Crippen molar-refractivity contribution in [1.29, 1.82) is 0 Å². The van der Waals surface area contributed by atoms with Gasteiger partial charge in [-0.1, -0.05) is 0 Å². The van der Waals surface area contributed by atoms with Gasteiger partial charge in [-0.25, -0.2) is 13.2 Å². The van der Waals surface area contributed by atoms with Crippen molar-refractivity contribution in [2.24, 2.45) is 5.41 Å². The van der Waals surface area contributed by atoms with E-state index in [0.29, 0.717) is 38.1 Å². The Hall–Kier alpha value is -3.83. The fourth-order valence-electron chi connectivity index (χ4n) is 6.04. The molecule has 2 aromatic rings. The number of halogens is 3. The average molecular weight is 533 g/mol. The lowest BCUT2D eigenvalue weighted by Crippen LogP contribution is -2.50. The van der Waals surface area contributed by atoms with Crippen LogP contribution in [0.1, 0.15) is 65.6 Å². The second-order valence-electron chi connectivity index (χ2n) is 10.3. The molecule has 12 heteroatoms. The highest BCUT2D eigenvalue weighted by atomic mass is 19.1. The van der Waals surface area contributed by atoms with Crippen LogP contribution in [0.25, 0.3) is 0 Å². The number of hydrogen-bond acceptors (Lipinski definition) is 5. The number of hydrogen-bond donors (Lipinski definition) is 2. The minimum absolute atomic E-state index is 0.0290. The highest BCUT2D eigenvalue weighted by Gasteiger charge is 2.54. The molecule has 1 aromatic heterocycles. The molecule has 3 aliphatic rings. The molecule has 2 saturated heterocycles. The average Bonchev–Trinajstić information content (AvgIpc) is 3.13. The zero-order valence-corrected chi connectivity index (χ0v) is 20.9. The van der Waals surface area contributed by atoms with Crippen molar-refractivity contribution in [1.82, 2.24) is 19.7 Å². The summed E-state index contributed by atoms with van der Waals surface area (Å²) in [5.74, 6) is -6.06. The van der Waals surface area contributed by atoms with E-state index in [1.807, 2.05) is 13.8 Å². The van der Waals surface area contributed by atoms with Gasteiger partial charge in [0, 0.05) is 67.9 Å². The van der Waals surface area contributed by atoms with Gasteiger partial charge in [0.25, 0.3) is 11.8 Å². The molecule has 5 rings (SSSR count). The van der Waals surface area contributed by atoms with Gasteiger partial charge in [0.1, 0.15) is 23.0 Å². The summed E-state index contributed by atoms with van der Waals surface area (Å²) >= 11 is 0. The topological polar surface area (TPSA) is 112 Å². The third kappa shape index (κ3) is 3.93. The van der Waals surface area contributed by atoms with Crippen LogP contribution in [0.15, 0.2) is 23.1 Å². The highest BCUT2D eigenvalue weighted by Crippen LogP contribution is 2.50. The molecule has 0 aliphatic carbocycles. The van der Waals surface area contributed by atoms with Crippen LogP contribution in [0.5, 0.6) is 5.75 Å². The molecule has 0 unspecified atom stereocenters. The van der Waals surface area contributed by atoms with E-state index in [0.717, 1.165) is 0 Å². The van der Waals surface area contributed by atoms with Crippen LogP contribution in [-0.4, -0.2) is 62.9 Å². The zero-order valence-electron chi connectivity index (χ0n) is 20.9. The molecule has 9 nitrogen and oxygen atoms in total. The van der Waals surface area contributed by atoms with Gasteiger partial charge in [0.15, 0.2) is 11.4 Å². The molecule has 2 bridgehead atoms. The van der Waals surface area contributed by atoms with E-state index in [1.54, 1.807) is 9.80 Å². The molecular weight excluding hydrogens is 505 g/mol. The lowest BCUT2D eigenvalue weighted by Gasteiger charge is -2.43. The summed E-state index contributed by atoms with van der Waals surface area (Å²) in [4.78, 5) is 55.5. The van der Waals surface area contributed by atoms with Gasteiger partial charge in [0.05, 0.1) is 6.04 Å². The van der Waals surface area contributed by atoms with Crippen molar-refractivity contribution in [2.75, 3.05) is 19.6 Å². The summed E-state index contributed by atoms with van der Waals surface area (Å²) in [7, 11) is 0. The summed E-state index contributed by atoms with van der Waals surface area (Å²) in [6, 6.07) is 0.236. The Labute approximate surface area is 215 Å². The zero-order chi connectivity index (χ0) is 27.5. The van der Waals surface area contributed by atoms with Crippen LogP contribution in [0.2, 0.25) is 0 Å². The van der Waals surface area contributed by atoms with Crippen LogP contribution in [0.4, 0.5) is 13.2 Å². The number of pyridine rings is 1. The molecular formula is C26H27F3N4O5. The number of amides is 3. The molecule has 3 aliphatic heterocycles. The first-order chi connectivity index (χ1) is 18.0. The molecule has 4 heterocycles. The number of fused-ring (bicyclic) bond motifs is 5. The number of rotatable bonds is 4. The Morgan fingerprint density at radius 3 is 2.50 bits per heavy atom. The van der Waals surface area contributed by atoms with E-state index in [2.05, 4.69) is 5.32 Å². The van der Waals surface area contributed by atoms with E-state index < -0.39 is 69.6 Å². The smallest absolute Gasteiger partial charge is 0.274 e. The van der Waals surface area contributed by atoms with E-state index in [1.165, 1.54) is 10.8 Å². The Morgan fingerprint density at radius 2 is 1.87 bits per heavy atom. The van der Waals surface area contributed by atoms with Crippen molar-refractivity contribution in [3.8, 4) is 5.75 Å². The molecule has 0 saturated carbocycles. The van der Waals surface area contributed by atoms with Crippen LogP contribution in [-0.2, 0) is 11.3 Å². The van der Waals surface area contributed by atoms with E-state index in [9.17, 15) is 37.5 Å². The lowest BCUT2D eigenvalue weighted by molar-refractivity contribution is -0.127. The number of carbonyl (C=O) groups excluding carboxylic acids is 3. The Morgan fingerprint density at radius 1 is 1.18 bits per heavy atom. The van der Waals surface area contributed by atoms with Gasteiger partial charge in [0.2, 0.25) is 11.3 Å². The number of carbonyl (C=O) groups is 3. The Bertz CT molecular complexity index is 1400. The number of nitrogens with one attached hydrogen (secondary N) is 1. The van der Waals surface area contributed by atoms with Crippen LogP contribution < -0.4 is 10.7 Å². The summed E-state index contributed by atoms with van der Waals surface area (Å²) in [6.45, 7) is 4.24. The Kier molecular flexibility index (Phi) is 6.23. The first-order valence-corrected chi connectivity index (χ1v) is 12.5. The van der Waals surface area contributed by atoms with Gasteiger partial charge in [-0.15, -0.1) is 0 Å². The Balaban J connectivity index is 1.56. The molecule has 2 N–H and O–H groups in total. The fraction of sp³-hybridized carbons (Fsp3) is 0.462. The number of aromatic nitrogens is 1. The molecule has 38 heavy (non-hydrogen) atoms. The summed E-state index contributed by atoms with van der Waals surface area (Å²) in [6.07, 6.45) is 2.63. The molecule has 3 atom stereocenters. The van der Waals surface area contributed by atoms with Crippen molar-refractivity contribution >= 4 is 17.7 Å². The van der Waals surface area contributed by atoms with Gasteiger partial charge in [-0.05, 0) is 26.7 Å². The maximum absolute atomic E-state index is 14.0. The van der Waals surface area contributed by atoms with Crippen molar-refractivity contribution in [3.05, 3.63) is 62.8 Å². The second-order valence-corrected chi connectivity index (χ2v) is 10.3. The molecule has 1 aromatic carbocycles. The summed E-state index contributed by atoms with van der Waals surface area (Å²) in [5, 5.41) is 13.1. The minimum atomic E-state index is -1.21. The molecule has 202 valence electrons. The summed E-state index contributed by atoms with van der Waals surface area (Å²) in [5.41, 5.74) is -3.09. The van der Waals surface area contributed by atoms with Crippen molar-refractivity contribution in [3.63, 3.8) is 0 Å². The van der Waals surface area contributed by atoms with Gasteiger partial charge < -0.3 is 24.8 Å². The van der Waals surface area contributed by atoms with E-state index >= 15 is 0 Å². The molecule has 0 radical (unpaired) electrons. The fourth-order valence-corrected chi connectivity index (χ4v) is 6.04. The molecule has 1 spiro atoms. The highest BCUT2D eigenvalue weighted by molar-refractivity contribution is 5.99. The number of likely N-dealkylation sites (tertiary alicyclic amines) is 1. The van der Waals surface area contributed by atoms with E-state index in [4.69, 9.17) is 0 Å². The predicted molar refractivity (Wildman–Crippen MR) is 128 cm³/mol. The van der Waals surface area contributed by atoms with Crippen molar-refractivity contribution < 1.29 is 32.7 Å². The number of benzene rings is 1. The SMILES string of the molecule is CCN1C[C@@]2(CC[C@H](C)N3C[C@H]2n2cc(C(=O)NCc4c(F)cc(F)cc4F)c(=O)c(O)c2C3=O)CC1=O. The predicted octanol–water partition coefficient (Wildman–Crippen LogP) is 2.32. The van der Waals surface area contributed by atoms with Gasteiger partial charge in [-0.3, -0.25) is 19.2 Å². The lowest BCUT2D eigenvalue weighted by atomic mass is 9.75. The standard InChI is InChI=1S/C26H27F3N4O5/c1-3-31-12-26(8-20(31)34)5-4-13(2)32-11-19(26)33-10-16(22(35)23(36)21(33)25(32)38)24(37)30-9-15-17(28)6-14(27)7-18(15)29/h6-7,10,13,19,36H,3-5,8-9,11-12H2,1-2H3,(H,30,37)/t13-,19+,26+/m0/s1. The van der Waals surface area contributed by atoms with Crippen LogP contribution in [0.3, 0.4) is 0 Å². The van der Waals surface area contributed by atoms with Gasteiger partial charge in [-0.2, -0.15) is 0 Å². The maximum Gasteiger partial charge on any atom is 0.274 e. The first kappa shape index (κ1) is 25.8. The largest absolute Gasteiger partial charge is 0.503 e. The number of nitrogens with zero attached hydrogens (tertiary/aromatic N) is 3. The van der Waals surface area contributed by atoms with Crippen molar-refractivity contribution in [2.45, 2.75) is 51.7 Å². The van der Waals surface area contributed by atoms with Crippen LogP contribution in [0, 0.1) is 22.9 Å².